The van der Waals surface area contributed by atoms with Crippen LogP contribution in [0.3, 0.4) is 0 Å². The third-order valence-corrected chi connectivity index (χ3v) is 5.16. The maximum atomic E-state index is 12.8. The molecule has 28 heavy (non-hydrogen) atoms. The summed E-state index contributed by atoms with van der Waals surface area (Å²) in [5.74, 6) is -0.0458. The monoisotopic (exact) mass is 407 g/mol. The summed E-state index contributed by atoms with van der Waals surface area (Å²) in [5.41, 5.74) is 0.339. The molecule has 0 saturated carbocycles. The molecule has 10 heteroatoms. The molecule has 0 fully saturated rings. The van der Waals surface area contributed by atoms with Crippen molar-refractivity contribution in [2.45, 2.75) is 19.4 Å². The van der Waals surface area contributed by atoms with Crippen molar-refractivity contribution in [2.24, 2.45) is 0 Å². The molecule has 1 amide bonds. The topological polar surface area (TPSA) is 119 Å². The van der Waals surface area contributed by atoms with Crippen molar-refractivity contribution in [1.82, 2.24) is 0 Å². The minimum atomic E-state index is -3.78. The van der Waals surface area contributed by atoms with Gasteiger partial charge in [0.1, 0.15) is 11.8 Å². The third kappa shape index (κ3) is 4.97. The van der Waals surface area contributed by atoms with Crippen LogP contribution in [0.2, 0.25) is 0 Å². The second-order valence-corrected chi connectivity index (χ2v) is 7.84. The van der Waals surface area contributed by atoms with Crippen molar-refractivity contribution >= 4 is 33.0 Å². The van der Waals surface area contributed by atoms with Gasteiger partial charge in [0.15, 0.2) is 0 Å². The van der Waals surface area contributed by atoms with E-state index < -0.39 is 26.9 Å². The number of rotatable bonds is 8. The molecule has 2 aromatic carbocycles. The molecule has 9 nitrogen and oxygen atoms in total. The second kappa shape index (κ2) is 8.70. The quantitative estimate of drug-likeness (QED) is 0.531. The van der Waals surface area contributed by atoms with Crippen LogP contribution in [-0.4, -0.2) is 38.7 Å². The summed E-state index contributed by atoms with van der Waals surface area (Å²) < 4.78 is 30.9. The maximum Gasteiger partial charge on any atom is 0.271 e. The van der Waals surface area contributed by atoms with Gasteiger partial charge in [0.2, 0.25) is 15.9 Å². The van der Waals surface area contributed by atoms with E-state index in [1.54, 1.807) is 31.2 Å². The summed E-state index contributed by atoms with van der Waals surface area (Å²) in [7, 11) is -2.29. The number of carbonyl (C=O) groups excluding carboxylic acids is 1. The number of amides is 1. The first kappa shape index (κ1) is 21.2. The Morgan fingerprint density at radius 2 is 1.89 bits per heavy atom. The van der Waals surface area contributed by atoms with Crippen LogP contribution in [-0.2, 0) is 14.8 Å². The van der Waals surface area contributed by atoms with Gasteiger partial charge in [0, 0.05) is 17.8 Å². The molecule has 1 atom stereocenters. The van der Waals surface area contributed by atoms with Crippen molar-refractivity contribution in [1.29, 1.82) is 0 Å². The van der Waals surface area contributed by atoms with E-state index in [1.165, 1.54) is 31.4 Å². The number of nitro benzene ring substituents is 1. The van der Waals surface area contributed by atoms with Crippen LogP contribution < -0.4 is 14.4 Å². The van der Waals surface area contributed by atoms with Crippen molar-refractivity contribution in [3.63, 3.8) is 0 Å². The van der Waals surface area contributed by atoms with Crippen LogP contribution in [0, 0.1) is 10.1 Å². The van der Waals surface area contributed by atoms with Crippen molar-refractivity contribution < 1.29 is 22.9 Å². The first-order chi connectivity index (χ1) is 13.2. The molecule has 0 aromatic heterocycles. The van der Waals surface area contributed by atoms with Gasteiger partial charge in [0.25, 0.3) is 5.69 Å². The molecule has 0 spiro atoms. The number of hydrogen-bond acceptors (Lipinski definition) is 6. The van der Waals surface area contributed by atoms with Gasteiger partial charge in [-0.1, -0.05) is 13.0 Å². The van der Waals surface area contributed by atoms with E-state index in [1.807, 2.05) is 0 Å². The van der Waals surface area contributed by atoms with Crippen LogP contribution in [0.5, 0.6) is 5.75 Å². The lowest BCUT2D eigenvalue weighted by Gasteiger charge is -2.30. The lowest BCUT2D eigenvalue weighted by Crippen LogP contribution is -2.47. The Kier molecular flexibility index (Phi) is 6.57. The normalized spacial score (nSPS) is 12.1. The zero-order chi connectivity index (χ0) is 20.9. The molecule has 0 heterocycles. The number of benzene rings is 2. The van der Waals surface area contributed by atoms with Crippen LogP contribution in [0.15, 0.2) is 48.5 Å². The summed E-state index contributed by atoms with van der Waals surface area (Å²) in [6, 6.07) is 10.7. The number of hydrogen-bond donors (Lipinski definition) is 1. The molecule has 2 aromatic rings. The Hall–Kier alpha value is -3.14. The number of nitrogens with one attached hydrogen (secondary N) is 1. The molecule has 1 N–H and O–H groups in total. The van der Waals surface area contributed by atoms with Crippen LogP contribution in [0.4, 0.5) is 17.1 Å². The Morgan fingerprint density at radius 1 is 1.25 bits per heavy atom. The summed E-state index contributed by atoms with van der Waals surface area (Å²) in [6.07, 6.45) is 1.21. The molecule has 0 aliphatic heterocycles. The summed E-state index contributed by atoms with van der Waals surface area (Å²) in [6.45, 7) is 1.68. The fraction of sp³-hybridized carbons (Fsp3) is 0.278. The van der Waals surface area contributed by atoms with Gasteiger partial charge in [-0.2, -0.15) is 0 Å². The molecule has 0 aliphatic carbocycles. The van der Waals surface area contributed by atoms with Gasteiger partial charge in [-0.05, 0) is 36.8 Å². The number of methoxy groups -OCH3 is 1. The highest BCUT2D eigenvalue weighted by Crippen LogP contribution is 2.26. The number of sulfonamides is 1. The number of ether oxygens (including phenoxy) is 1. The van der Waals surface area contributed by atoms with E-state index in [2.05, 4.69) is 5.32 Å². The largest absolute Gasteiger partial charge is 0.497 e. The Bertz CT molecular complexity index is 960. The molecule has 0 radical (unpaired) electrons. The Balaban J connectivity index is 2.36. The molecule has 150 valence electrons. The summed E-state index contributed by atoms with van der Waals surface area (Å²) >= 11 is 0. The predicted molar refractivity (Wildman–Crippen MR) is 106 cm³/mol. The molecule has 0 bridgehead atoms. The fourth-order valence-corrected chi connectivity index (χ4v) is 3.92. The number of non-ortho nitro benzene ring substituents is 1. The van der Waals surface area contributed by atoms with Gasteiger partial charge in [-0.25, -0.2) is 8.42 Å². The average Bonchev–Trinajstić information content (AvgIpc) is 2.65. The van der Waals surface area contributed by atoms with Gasteiger partial charge in [-0.15, -0.1) is 0 Å². The number of nitrogens with zero attached hydrogens (tertiary/aromatic N) is 2. The standard InChI is InChI=1S/C18H21N3O6S/c1-4-17(18(22)19-13-6-5-7-15(12-13)21(23)24)20(28(3,25)26)14-8-10-16(27-2)11-9-14/h5-12,17H,4H2,1-3H3,(H,19,22). The average molecular weight is 407 g/mol. The van der Waals surface area contributed by atoms with Crippen LogP contribution in [0.1, 0.15) is 13.3 Å². The van der Waals surface area contributed by atoms with Gasteiger partial charge >= 0.3 is 0 Å². The highest BCUT2D eigenvalue weighted by Gasteiger charge is 2.31. The van der Waals surface area contributed by atoms with E-state index in [0.29, 0.717) is 11.4 Å². The van der Waals surface area contributed by atoms with Crippen LogP contribution >= 0.6 is 0 Å². The summed E-state index contributed by atoms with van der Waals surface area (Å²) in [4.78, 5) is 23.1. The Morgan fingerprint density at radius 3 is 2.39 bits per heavy atom. The lowest BCUT2D eigenvalue weighted by atomic mass is 10.1. The number of nitro groups is 1. The maximum absolute atomic E-state index is 12.8. The van der Waals surface area contributed by atoms with Gasteiger partial charge < -0.3 is 10.1 Å². The molecule has 1 unspecified atom stereocenters. The highest BCUT2D eigenvalue weighted by atomic mass is 32.2. The SMILES string of the molecule is CCC(C(=O)Nc1cccc([N+](=O)[O-])c1)N(c1ccc(OC)cc1)S(C)(=O)=O. The van der Waals surface area contributed by atoms with E-state index >= 15 is 0 Å². The zero-order valence-electron chi connectivity index (χ0n) is 15.7. The lowest BCUT2D eigenvalue weighted by molar-refractivity contribution is -0.384. The zero-order valence-corrected chi connectivity index (χ0v) is 16.5. The minimum Gasteiger partial charge on any atom is -0.497 e. The first-order valence-electron chi connectivity index (χ1n) is 8.36. The van der Waals surface area contributed by atoms with E-state index in [0.717, 1.165) is 10.6 Å². The first-order valence-corrected chi connectivity index (χ1v) is 10.2. The van der Waals surface area contributed by atoms with Crippen molar-refractivity contribution in [3.8, 4) is 5.75 Å². The van der Waals surface area contributed by atoms with Crippen LogP contribution in [0.25, 0.3) is 0 Å². The number of carbonyl (C=O) groups is 1. The second-order valence-electron chi connectivity index (χ2n) is 5.98. The van der Waals surface area contributed by atoms with Crippen molar-refractivity contribution in [2.75, 3.05) is 23.0 Å². The molecule has 0 aliphatic rings. The molecule has 2 rings (SSSR count). The van der Waals surface area contributed by atoms with Gasteiger partial charge in [-0.3, -0.25) is 19.2 Å². The Labute approximate surface area is 163 Å². The van der Waals surface area contributed by atoms with E-state index in [4.69, 9.17) is 4.74 Å². The number of anilines is 2. The van der Waals surface area contributed by atoms with E-state index in [9.17, 15) is 23.3 Å². The van der Waals surface area contributed by atoms with E-state index in [-0.39, 0.29) is 17.8 Å². The predicted octanol–water partition coefficient (Wildman–Crippen LogP) is 2.79. The minimum absolute atomic E-state index is 0.180. The third-order valence-electron chi connectivity index (χ3n) is 3.98. The fourth-order valence-electron chi connectivity index (χ4n) is 2.71. The highest BCUT2D eigenvalue weighted by molar-refractivity contribution is 7.92. The molecule has 0 saturated heterocycles. The molecular weight excluding hydrogens is 386 g/mol. The van der Waals surface area contributed by atoms with Crippen molar-refractivity contribution in [3.05, 3.63) is 58.6 Å². The summed E-state index contributed by atoms with van der Waals surface area (Å²) in [5, 5.41) is 13.5. The smallest absolute Gasteiger partial charge is 0.271 e. The molecular formula is C18H21N3O6S. The van der Waals surface area contributed by atoms with Gasteiger partial charge in [0.05, 0.1) is 24.0 Å².